The van der Waals surface area contributed by atoms with E-state index in [1.807, 2.05) is 0 Å². The second-order valence-corrected chi connectivity index (χ2v) is 2.60. The number of aromatic nitrogens is 4. The highest BCUT2D eigenvalue weighted by atomic mass is 16.1. The molecule has 0 saturated carbocycles. The molecule has 0 fully saturated rings. The zero-order valence-corrected chi connectivity index (χ0v) is 6.90. The van der Waals surface area contributed by atoms with Gasteiger partial charge in [0, 0.05) is 7.05 Å². The van der Waals surface area contributed by atoms with E-state index in [4.69, 9.17) is 5.84 Å². The average Bonchev–Trinajstić information content (AvgIpc) is 2.51. The maximum atomic E-state index is 11.3. The van der Waals surface area contributed by atoms with Crippen molar-refractivity contribution in [3.63, 3.8) is 0 Å². The third-order valence-electron chi connectivity index (χ3n) is 1.62. The fourth-order valence-electron chi connectivity index (χ4n) is 0.998. The number of anilines is 1. The van der Waals surface area contributed by atoms with Crippen LogP contribution in [0.1, 0.15) is 0 Å². The van der Waals surface area contributed by atoms with Crippen LogP contribution in [0.4, 0.5) is 5.95 Å². The Hall–Kier alpha value is -1.89. The zero-order chi connectivity index (χ0) is 9.42. The summed E-state index contributed by atoms with van der Waals surface area (Å²) in [6.45, 7) is 0. The van der Waals surface area contributed by atoms with E-state index in [0.29, 0.717) is 11.2 Å². The predicted molar refractivity (Wildman–Crippen MR) is 47.1 cm³/mol. The van der Waals surface area contributed by atoms with Gasteiger partial charge in [-0.05, 0) is 0 Å². The first kappa shape index (κ1) is 7.74. The maximum absolute atomic E-state index is 11.3. The lowest BCUT2D eigenvalue weighted by molar-refractivity contribution is 0.929. The smallest absolute Gasteiger partial charge is 0.278 e. The molecule has 7 nitrogen and oxygen atoms in total. The fraction of sp³-hybridized carbons (Fsp3) is 0.167. The molecule has 0 amide bonds. The molecular formula is C6H8N6O. The Kier molecular flexibility index (Phi) is 1.52. The van der Waals surface area contributed by atoms with Gasteiger partial charge in [0.2, 0.25) is 5.95 Å². The van der Waals surface area contributed by atoms with Gasteiger partial charge in [0.05, 0.1) is 6.33 Å². The van der Waals surface area contributed by atoms with Crippen molar-refractivity contribution in [3.05, 3.63) is 16.7 Å². The van der Waals surface area contributed by atoms with E-state index in [2.05, 4.69) is 19.9 Å². The summed E-state index contributed by atoms with van der Waals surface area (Å²) in [7, 11) is 1.58. The van der Waals surface area contributed by atoms with Gasteiger partial charge in [-0.25, -0.2) is 10.8 Å². The fourth-order valence-corrected chi connectivity index (χ4v) is 0.998. The summed E-state index contributed by atoms with van der Waals surface area (Å²) >= 11 is 0. The van der Waals surface area contributed by atoms with Crippen LogP contribution in [0.15, 0.2) is 11.1 Å². The minimum atomic E-state index is -0.283. The van der Waals surface area contributed by atoms with E-state index < -0.39 is 0 Å². The first-order valence-corrected chi connectivity index (χ1v) is 3.60. The lowest BCUT2D eigenvalue weighted by atomic mass is 10.5. The summed E-state index contributed by atoms with van der Waals surface area (Å²) in [4.78, 5) is 24.3. The van der Waals surface area contributed by atoms with Gasteiger partial charge in [-0.2, -0.15) is 4.98 Å². The highest BCUT2D eigenvalue weighted by Gasteiger charge is 2.06. The average molecular weight is 180 g/mol. The van der Waals surface area contributed by atoms with Crippen LogP contribution in [0.3, 0.4) is 0 Å². The molecule has 2 heterocycles. The van der Waals surface area contributed by atoms with Crippen molar-refractivity contribution in [1.29, 1.82) is 0 Å². The molecule has 4 N–H and O–H groups in total. The summed E-state index contributed by atoms with van der Waals surface area (Å²) < 4.78 is 0. The van der Waals surface area contributed by atoms with Crippen molar-refractivity contribution >= 4 is 17.1 Å². The predicted octanol–water partition coefficient (Wildman–Crippen LogP) is -1.04. The molecule has 0 saturated heterocycles. The van der Waals surface area contributed by atoms with E-state index in [0.717, 1.165) is 0 Å². The number of hydrogen-bond donors (Lipinski definition) is 3. The molecule has 2 rings (SSSR count). The highest BCUT2D eigenvalue weighted by Crippen LogP contribution is 2.03. The number of nitrogens with zero attached hydrogens (tertiary/aromatic N) is 3. The van der Waals surface area contributed by atoms with Gasteiger partial charge in [0.15, 0.2) is 11.2 Å². The van der Waals surface area contributed by atoms with Crippen LogP contribution < -0.4 is 16.4 Å². The zero-order valence-electron chi connectivity index (χ0n) is 6.90. The van der Waals surface area contributed by atoms with Crippen LogP contribution in [-0.2, 0) is 0 Å². The summed E-state index contributed by atoms with van der Waals surface area (Å²) in [5, 5.41) is 1.22. The normalized spacial score (nSPS) is 10.6. The van der Waals surface area contributed by atoms with Gasteiger partial charge >= 0.3 is 0 Å². The van der Waals surface area contributed by atoms with E-state index in [9.17, 15) is 4.79 Å². The van der Waals surface area contributed by atoms with Crippen molar-refractivity contribution in [2.75, 3.05) is 12.1 Å². The van der Waals surface area contributed by atoms with Gasteiger partial charge in [0.25, 0.3) is 5.56 Å². The summed E-state index contributed by atoms with van der Waals surface area (Å²) in [6.07, 6.45) is 1.41. The third-order valence-corrected chi connectivity index (χ3v) is 1.62. The molecule has 68 valence electrons. The largest absolute Gasteiger partial charge is 0.339 e. The first-order valence-electron chi connectivity index (χ1n) is 3.60. The van der Waals surface area contributed by atoms with E-state index >= 15 is 0 Å². The highest BCUT2D eigenvalue weighted by molar-refractivity contribution is 5.69. The number of fused-ring (bicyclic) bond motifs is 1. The SMILES string of the molecule is CN(N)c1nc2nc[nH]c2c(=O)[nH]1. The minimum Gasteiger partial charge on any atom is -0.339 e. The molecule has 0 aliphatic carbocycles. The number of hydrogen-bond acceptors (Lipinski definition) is 5. The van der Waals surface area contributed by atoms with Crippen molar-refractivity contribution in [1.82, 2.24) is 19.9 Å². The van der Waals surface area contributed by atoms with Crippen molar-refractivity contribution in [2.24, 2.45) is 5.84 Å². The van der Waals surface area contributed by atoms with Crippen LogP contribution in [0.2, 0.25) is 0 Å². The molecule has 2 aromatic heterocycles. The molecule has 0 spiro atoms. The standard InChI is InChI=1S/C6H8N6O/c1-12(7)6-10-4-3(5(13)11-6)8-2-9-4/h2H,7H2,1H3,(H2,8,9,10,11,13). The molecule has 2 aromatic rings. The maximum Gasteiger partial charge on any atom is 0.278 e. The Morgan fingerprint density at radius 1 is 1.62 bits per heavy atom. The molecule has 0 bridgehead atoms. The van der Waals surface area contributed by atoms with E-state index in [1.54, 1.807) is 7.05 Å². The number of nitrogens with one attached hydrogen (secondary N) is 2. The molecule has 0 aliphatic rings. The Morgan fingerprint density at radius 2 is 2.38 bits per heavy atom. The first-order chi connectivity index (χ1) is 6.18. The third kappa shape index (κ3) is 1.14. The van der Waals surface area contributed by atoms with Crippen LogP contribution in [0.25, 0.3) is 11.2 Å². The lowest BCUT2D eigenvalue weighted by Gasteiger charge is -2.08. The number of rotatable bonds is 1. The van der Waals surface area contributed by atoms with Crippen molar-refractivity contribution in [3.8, 4) is 0 Å². The number of aromatic amines is 2. The molecule has 0 aromatic carbocycles. The quantitative estimate of drug-likeness (QED) is 0.384. The Balaban J connectivity index is 2.77. The summed E-state index contributed by atoms with van der Waals surface area (Å²) in [5.74, 6) is 5.69. The number of nitrogens with two attached hydrogens (primary N) is 1. The molecule has 0 atom stereocenters. The van der Waals surface area contributed by atoms with Crippen LogP contribution >= 0.6 is 0 Å². The van der Waals surface area contributed by atoms with Crippen molar-refractivity contribution < 1.29 is 0 Å². The summed E-state index contributed by atoms with van der Waals surface area (Å²) in [6, 6.07) is 0. The number of imidazole rings is 1. The van der Waals surface area contributed by atoms with E-state index in [-0.39, 0.29) is 11.5 Å². The minimum absolute atomic E-state index is 0.282. The number of H-pyrrole nitrogens is 2. The van der Waals surface area contributed by atoms with Gasteiger partial charge in [-0.1, -0.05) is 0 Å². The van der Waals surface area contributed by atoms with E-state index in [1.165, 1.54) is 11.3 Å². The second kappa shape index (κ2) is 2.56. The lowest BCUT2D eigenvalue weighted by Crippen LogP contribution is -2.29. The molecular weight excluding hydrogens is 172 g/mol. The van der Waals surface area contributed by atoms with Gasteiger partial charge in [-0.15, -0.1) is 0 Å². The second-order valence-electron chi connectivity index (χ2n) is 2.60. The van der Waals surface area contributed by atoms with Gasteiger partial charge < -0.3 is 4.98 Å². The van der Waals surface area contributed by atoms with Gasteiger partial charge in [0.1, 0.15) is 0 Å². The Labute approximate surface area is 72.6 Å². The topological polar surface area (TPSA) is 104 Å². The molecule has 0 radical (unpaired) electrons. The van der Waals surface area contributed by atoms with Crippen LogP contribution in [-0.4, -0.2) is 27.0 Å². The van der Waals surface area contributed by atoms with Crippen LogP contribution in [0.5, 0.6) is 0 Å². The number of hydrazine groups is 1. The Bertz CT molecular complexity index is 483. The van der Waals surface area contributed by atoms with Crippen molar-refractivity contribution in [2.45, 2.75) is 0 Å². The van der Waals surface area contributed by atoms with Crippen LogP contribution in [0, 0.1) is 0 Å². The molecule has 13 heavy (non-hydrogen) atoms. The van der Waals surface area contributed by atoms with Gasteiger partial charge in [-0.3, -0.25) is 14.8 Å². The monoisotopic (exact) mass is 180 g/mol. The Morgan fingerprint density at radius 3 is 3.08 bits per heavy atom. The molecule has 7 heteroatoms. The summed E-state index contributed by atoms with van der Waals surface area (Å²) in [5.41, 5.74) is 0.427. The molecule has 0 aliphatic heterocycles. The molecule has 0 unspecified atom stereocenters.